The summed E-state index contributed by atoms with van der Waals surface area (Å²) in [6, 6.07) is 7.89. The van der Waals surface area contributed by atoms with Gasteiger partial charge < -0.3 is 5.32 Å². The number of benzene rings is 1. The van der Waals surface area contributed by atoms with Gasteiger partial charge in [0, 0.05) is 5.54 Å². The molecular formula is C14H19N5OS. The van der Waals surface area contributed by atoms with E-state index in [2.05, 4.69) is 20.8 Å². The summed E-state index contributed by atoms with van der Waals surface area (Å²) in [5.74, 6) is 0.245. The van der Waals surface area contributed by atoms with Gasteiger partial charge in [-0.15, -0.1) is 5.10 Å². The second kappa shape index (κ2) is 6.26. The summed E-state index contributed by atoms with van der Waals surface area (Å²) in [5.41, 5.74) is 1.78. The van der Waals surface area contributed by atoms with Crippen molar-refractivity contribution in [1.29, 1.82) is 0 Å². The summed E-state index contributed by atoms with van der Waals surface area (Å²) in [6.45, 7) is 7.86. The van der Waals surface area contributed by atoms with E-state index < -0.39 is 0 Å². The van der Waals surface area contributed by atoms with Crippen LogP contribution in [0.25, 0.3) is 5.69 Å². The van der Waals surface area contributed by atoms with Crippen molar-refractivity contribution in [1.82, 2.24) is 25.5 Å². The summed E-state index contributed by atoms with van der Waals surface area (Å²) in [7, 11) is 0. The van der Waals surface area contributed by atoms with Crippen molar-refractivity contribution in [3.8, 4) is 5.69 Å². The number of amides is 1. The first-order valence-corrected chi connectivity index (χ1v) is 7.63. The van der Waals surface area contributed by atoms with Crippen LogP contribution in [0.15, 0.2) is 29.4 Å². The molecule has 1 aromatic carbocycles. The minimum absolute atomic E-state index is 0.0358. The fourth-order valence-corrected chi connectivity index (χ4v) is 2.47. The number of aryl methyl sites for hydroxylation is 1. The third kappa shape index (κ3) is 4.56. The van der Waals surface area contributed by atoms with Crippen molar-refractivity contribution in [2.24, 2.45) is 0 Å². The van der Waals surface area contributed by atoms with Crippen molar-refractivity contribution in [3.05, 3.63) is 29.8 Å². The number of rotatable bonds is 4. The molecule has 6 nitrogen and oxygen atoms in total. The lowest BCUT2D eigenvalue weighted by molar-refractivity contribution is -0.119. The van der Waals surface area contributed by atoms with Crippen LogP contribution in [0.5, 0.6) is 0 Å². The lowest BCUT2D eigenvalue weighted by Gasteiger charge is -2.20. The Labute approximate surface area is 128 Å². The molecule has 7 heteroatoms. The van der Waals surface area contributed by atoms with Gasteiger partial charge in [0.05, 0.1) is 11.4 Å². The Morgan fingerprint density at radius 2 is 2.14 bits per heavy atom. The first-order valence-electron chi connectivity index (χ1n) is 6.64. The molecule has 0 aliphatic heterocycles. The summed E-state index contributed by atoms with van der Waals surface area (Å²) < 4.78 is 1.64. The summed E-state index contributed by atoms with van der Waals surface area (Å²) in [6.07, 6.45) is 0. The molecule has 1 heterocycles. The van der Waals surface area contributed by atoms with E-state index in [0.29, 0.717) is 5.16 Å². The number of carbonyl (C=O) groups excluding carboxylic acids is 1. The van der Waals surface area contributed by atoms with Crippen molar-refractivity contribution in [3.63, 3.8) is 0 Å². The molecule has 0 bridgehead atoms. The van der Waals surface area contributed by atoms with Crippen LogP contribution in [-0.2, 0) is 4.79 Å². The Morgan fingerprint density at radius 3 is 2.81 bits per heavy atom. The first kappa shape index (κ1) is 15.5. The zero-order chi connectivity index (χ0) is 15.5. The van der Waals surface area contributed by atoms with Gasteiger partial charge in [-0.2, -0.15) is 4.68 Å². The predicted octanol–water partition coefficient (Wildman–Crippen LogP) is 1.98. The molecule has 0 aliphatic rings. The molecule has 0 radical (unpaired) electrons. The fraction of sp³-hybridized carbons (Fsp3) is 0.429. The Kier molecular flexibility index (Phi) is 4.62. The topological polar surface area (TPSA) is 72.7 Å². The average Bonchev–Trinajstić information content (AvgIpc) is 2.82. The molecule has 1 N–H and O–H groups in total. The fourth-order valence-electron chi connectivity index (χ4n) is 1.78. The number of carbonyl (C=O) groups is 1. The van der Waals surface area contributed by atoms with E-state index in [0.717, 1.165) is 11.3 Å². The van der Waals surface area contributed by atoms with Crippen LogP contribution in [0.4, 0.5) is 0 Å². The molecule has 2 aromatic rings. The predicted molar refractivity (Wildman–Crippen MR) is 82.5 cm³/mol. The number of nitrogens with zero attached hydrogens (tertiary/aromatic N) is 4. The second-order valence-electron chi connectivity index (χ2n) is 5.80. The Balaban J connectivity index is 2.06. The van der Waals surface area contributed by atoms with E-state index in [4.69, 9.17) is 0 Å². The number of tetrazole rings is 1. The molecule has 112 valence electrons. The molecule has 0 saturated carbocycles. The minimum atomic E-state index is -0.236. The molecule has 21 heavy (non-hydrogen) atoms. The van der Waals surface area contributed by atoms with Crippen LogP contribution in [0.2, 0.25) is 0 Å². The summed E-state index contributed by atoms with van der Waals surface area (Å²) >= 11 is 1.32. The maximum atomic E-state index is 11.8. The van der Waals surface area contributed by atoms with Crippen molar-refractivity contribution in [2.75, 3.05) is 5.75 Å². The zero-order valence-corrected chi connectivity index (χ0v) is 13.4. The highest BCUT2D eigenvalue weighted by Crippen LogP contribution is 2.18. The normalized spacial score (nSPS) is 11.4. The van der Waals surface area contributed by atoms with E-state index in [9.17, 15) is 4.79 Å². The van der Waals surface area contributed by atoms with Crippen molar-refractivity contribution in [2.45, 2.75) is 38.4 Å². The number of thioether (sulfide) groups is 1. The van der Waals surface area contributed by atoms with Crippen LogP contribution < -0.4 is 5.32 Å². The van der Waals surface area contributed by atoms with Gasteiger partial charge in [-0.3, -0.25) is 4.79 Å². The average molecular weight is 305 g/mol. The van der Waals surface area contributed by atoms with E-state index in [1.807, 2.05) is 52.0 Å². The third-order valence-corrected chi connectivity index (χ3v) is 3.45. The van der Waals surface area contributed by atoms with Crippen LogP contribution in [-0.4, -0.2) is 37.4 Å². The smallest absolute Gasteiger partial charge is 0.230 e. The van der Waals surface area contributed by atoms with Gasteiger partial charge in [-0.1, -0.05) is 23.9 Å². The monoisotopic (exact) mass is 305 g/mol. The summed E-state index contributed by atoms with van der Waals surface area (Å²) in [4.78, 5) is 11.8. The van der Waals surface area contributed by atoms with Gasteiger partial charge >= 0.3 is 0 Å². The molecular weight excluding hydrogens is 286 g/mol. The van der Waals surface area contributed by atoms with Gasteiger partial charge in [-0.05, 0) is 55.8 Å². The zero-order valence-electron chi connectivity index (χ0n) is 12.6. The molecule has 0 spiro atoms. The highest BCUT2D eigenvalue weighted by Gasteiger charge is 2.16. The van der Waals surface area contributed by atoms with Gasteiger partial charge in [0.1, 0.15) is 0 Å². The first-order chi connectivity index (χ1) is 9.85. The van der Waals surface area contributed by atoms with E-state index in [1.54, 1.807) is 4.68 Å². The SMILES string of the molecule is Cc1cccc(-n2nnnc2SCC(=O)NC(C)(C)C)c1. The Morgan fingerprint density at radius 1 is 1.38 bits per heavy atom. The highest BCUT2D eigenvalue weighted by atomic mass is 32.2. The van der Waals surface area contributed by atoms with Gasteiger partial charge in [0.2, 0.25) is 11.1 Å². The standard InChI is InChI=1S/C14H19N5OS/c1-10-6-5-7-11(8-10)19-13(16-17-18-19)21-9-12(20)15-14(2,3)4/h5-8H,9H2,1-4H3,(H,15,20). The lowest BCUT2D eigenvalue weighted by Crippen LogP contribution is -2.41. The third-order valence-electron chi connectivity index (χ3n) is 2.53. The quantitative estimate of drug-likeness (QED) is 0.874. The Hall–Kier alpha value is -1.89. The van der Waals surface area contributed by atoms with E-state index in [-0.39, 0.29) is 17.2 Å². The van der Waals surface area contributed by atoms with Gasteiger partial charge in [-0.25, -0.2) is 0 Å². The molecule has 1 amide bonds. The van der Waals surface area contributed by atoms with Crippen LogP contribution in [0.1, 0.15) is 26.3 Å². The maximum Gasteiger partial charge on any atom is 0.230 e. The molecule has 0 aliphatic carbocycles. The summed E-state index contributed by atoms with van der Waals surface area (Å²) in [5, 5.41) is 15.2. The minimum Gasteiger partial charge on any atom is -0.351 e. The maximum absolute atomic E-state index is 11.8. The molecule has 1 aromatic heterocycles. The number of hydrogen-bond donors (Lipinski definition) is 1. The van der Waals surface area contributed by atoms with Crippen molar-refractivity contribution >= 4 is 17.7 Å². The molecule has 0 fully saturated rings. The lowest BCUT2D eigenvalue weighted by atomic mass is 10.1. The number of aromatic nitrogens is 4. The van der Waals surface area contributed by atoms with Gasteiger partial charge in [0.25, 0.3) is 0 Å². The van der Waals surface area contributed by atoms with Crippen LogP contribution in [0.3, 0.4) is 0 Å². The molecule has 2 rings (SSSR count). The van der Waals surface area contributed by atoms with Gasteiger partial charge in [0.15, 0.2) is 0 Å². The van der Waals surface area contributed by atoms with Crippen LogP contribution >= 0.6 is 11.8 Å². The highest BCUT2D eigenvalue weighted by molar-refractivity contribution is 7.99. The largest absolute Gasteiger partial charge is 0.351 e. The number of hydrogen-bond acceptors (Lipinski definition) is 5. The van der Waals surface area contributed by atoms with Crippen LogP contribution in [0, 0.1) is 6.92 Å². The second-order valence-corrected chi connectivity index (χ2v) is 6.74. The molecule has 0 atom stereocenters. The van der Waals surface area contributed by atoms with E-state index in [1.165, 1.54) is 11.8 Å². The van der Waals surface area contributed by atoms with Crippen molar-refractivity contribution < 1.29 is 4.79 Å². The van der Waals surface area contributed by atoms with E-state index >= 15 is 0 Å². The Bertz CT molecular complexity index is 632. The molecule has 0 unspecified atom stereocenters. The number of nitrogens with one attached hydrogen (secondary N) is 1. The molecule has 0 saturated heterocycles.